The highest BCUT2D eigenvalue weighted by atomic mass is 35.5. The van der Waals surface area contributed by atoms with Crippen molar-refractivity contribution in [2.75, 3.05) is 5.32 Å². The molecule has 0 atom stereocenters. The molecule has 0 aliphatic carbocycles. The van der Waals surface area contributed by atoms with Crippen LogP contribution in [-0.4, -0.2) is 5.91 Å². The molecule has 0 radical (unpaired) electrons. The summed E-state index contributed by atoms with van der Waals surface area (Å²) in [6, 6.07) is 23.3. The first-order valence-corrected chi connectivity index (χ1v) is 8.21. The van der Waals surface area contributed by atoms with Gasteiger partial charge in [-0.05, 0) is 48.2 Å². The summed E-state index contributed by atoms with van der Waals surface area (Å²) in [7, 11) is 0. The van der Waals surface area contributed by atoms with Crippen molar-refractivity contribution in [1.82, 2.24) is 0 Å². The molecule has 0 bridgehead atoms. The van der Waals surface area contributed by atoms with Crippen molar-refractivity contribution in [3.05, 3.63) is 100 Å². The van der Waals surface area contributed by atoms with Gasteiger partial charge >= 0.3 is 0 Å². The van der Waals surface area contributed by atoms with Crippen LogP contribution in [0, 0.1) is 6.92 Å². The standard InChI is InChI=1S/C21H18ClNO/c1-15-19(22)12-7-13-20(15)23-21(24)18-11-6-5-10-17(18)14-16-8-3-2-4-9-16/h2-13H,14H2,1H3,(H,23,24). The van der Waals surface area contributed by atoms with Crippen LogP contribution >= 0.6 is 11.6 Å². The Morgan fingerprint density at radius 2 is 1.62 bits per heavy atom. The minimum absolute atomic E-state index is 0.119. The zero-order chi connectivity index (χ0) is 16.9. The number of halogens is 1. The average molecular weight is 336 g/mol. The number of hydrogen-bond acceptors (Lipinski definition) is 1. The SMILES string of the molecule is Cc1c(Cl)cccc1NC(=O)c1ccccc1Cc1ccccc1. The molecule has 0 saturated carbocycles. The maximum Gasteiger partial charge on any atom is 0.255 e. The van der Waals surface area contributed by atoms with Crippen molar-refractivity contribution >= 4 is 23.2 Å². The Bertz CT molecular complexity index is 859. The van der Waals surface area contributed by atoms with E-state index in [0.717, 1.165) is 23.2 Å². The monoisotopic (exact) mass is 335 g/mol. The average Bonchev–Trinajstić information content (AvgIpc) is 2.60. The van der Waals surface area contributed by atoms with Gasteiger partial charge in [0.1, 0.15) is 0 Å². The lowest BCUT2D eigenvalue weighted by atomic mass is 9.99. The number of benzene rings is 3. The molecule has 0 saturated heterocycles. The molecule has 0 spiro atoms. The van der Waals surface area contributed by atoms with Gasteiger partial charge in [-0.15, -0.1) is 0 Å². The third-order valence-electron chi connectivity index (χ3n) is 4.02. The van der Waals surface area contributed by atoms with Crippen LogP contribution in [0.15, 0.2) is 72.8 Å². The first-order chi connectivity index (χ1) is 11.6. The molecule has 1 N–H and O–H groups in total. The lowest BCUT2D eigenvalue weighted by Gasteiger charge is -2.12. The summed E-state index contributed by atoms with van der Waals surface area (Å²) in [6.07, 6.45) is 0.721. The quantitative estimate of drug-likeness (QED) is 0.671. The molecule has 0 aliphatic rings. The normalized spacial score (nSPS) is 10.4. The topological polar surface area (TPSA) is 29.1 Å². The molecule has 0 unspecified atom stereocenters. The summed E-state index contributed by atoms with van der Waals surface area (Å²) >= 11 is 6.13. The summed E-state index contributed by atoms with van der Waals surface area (Å²) in [6.45, 7) is 1.90. The van der Waals surface area contributed by atoms with Gasteiger partial charge in [-0.2, -0.15) is 0 Å². The van der Waals surface area contributed by atoms with E-state index in [9.17, 15) is 4.79 Å². The summed E-state index contributed by atoms with van der Waals surface area (Å²) in [5, 5.41) is 3.61. The van der Waals surface area contributed by atoms with Crippen LogP contribution < -0.4 is 5.32 Å². The van der Waals surface area contributed by atoms with Crippen molar-refractivity contribution in [2.45, 2.75) is 13.3 Å². The van der Waals surface area contributed by atoms with Crippen molar-refractivity contribution in [2.24, 2.45) is 0 Å². The van der Waals surface area contributed by atoms with E-state index in [-0.39, 0.29) is 5.91 Å². The molecule has 1 amide bonds. The fourth-order valence-electron chi connectivity index (χ4n) is 2.64. The second-order valence-corrected chi connectivity index (χ2v) is 6.09. The van der Waals surface area contributed by atoms with Crippen LogP contribution in [0.25, 0.3) is 0 Å². The molecule has 120 valence electrons. The Morgan fingerprint density at radius 1 is 0.917 bits per heavy atom. The van der Waals surface area contributed by atoms with Crippen LogP contribution in [0.3, 0.4) is 0 Å². The van der Waals surface area contributed by atoms with E-state index in [1.165, 1.54) is 5.56 Å². The lowest BCUT2D eigenvalue weighted by molar-refractivity contribution is 0.102. The highest BCUT2D eigenvalue weighted by Gasteiger charge is 2.13. The second kappa shape index (κ2) is 7.33. The molecule has 0 aliphatic heterocycles. The van der Waals surface area contributed by atoms with E-state index in [0.29, 0.717) is 10.6 Å². The summed E-state index contributed by atoms with van der Waals surface area (Å²) in [5.41, 5.74) is 4.47. The molecule has 2 nitrogen and oxygen atoms in total. The van der Waals surface area contributed by atoms with Gasteiger partial charge in [0.25, 0.3) is 5.91 Å². The summed E-state index contributed by atoms with van der Waals surface area (Å²) < 4.78 is 0. The number of carbonyl (C=O) groups excluding carboxylic acids is 1. The Balaban J connectivity index is 1.86. The fourth-order valence-corrected chi connectivity index (χ4v) is 2.82. The lowest BCUT2D eigenvalue weighted by Crippen LogP contribution is -2.15. The molecular formula is C21H18ClNO. The zero-order valence-corrected chi connectivity index (χ0v) is 14.2. The van der Waals surface area contributed by atoms with Crippen molar-refractivity contribution in [3.63, 3.8) is 0 Å². The number of anilines is 1. The van der Waals surface area contributed by atoms with E-state index in [2.05, 4.69) is 17.4 Å². The van der Waals surface area contributed by atoms with Gasteiger partial charge in [-0.1, -0.05) is 66.2 Å². The van der Waals surface area contributed by atoms with Crippen LogP contribution in [-0.2, 0) is 6.42 Å². The van der Waals surface area contributed by atoms with Gasteiger partial charge in [-0.25, -0.2) is 0 Å². The van der Waals surface area contributed by atoms with Gasteiger partial charge in [0.2, 0.25) is 0 Å². The van der Waals surface area contributed by atoms with Crippen LogP contribution in [0.5, 0.6) is 0 Å². The number of carbonyl (C=O) groups is 1. The second-order valence-electron chi connectivity index (χ2n) is 5.69. The van der Waals surface area contributed by atoms with Gasteiger partial charge in [0.05, 0.1) is 0 Å². The first kappa shape index (κ1) is 16.3. The Hall–Kier alpha value is -2.58. The molecule has 3 aromatic carbocycles. The predicted octanol–water partition coefficient (Wildman–Crippen LogP) is 5.49. The van der Waals surface area contributed by atoms with Crippen LogP contribution in [0.2, 0.25) is 5.02 Å². The Kier molecular flexibility index (Phi) is 4.97. The molecule has 3 aromatic rings. The number of nitrogens with one attached hydrogen (secondary N) is 1. The van der Waals surface area contributed by atoms with Gasteiger partial charge < -0.3 is 5.32 Å². The largest absolute Gasteiger partial charge is 0.322 e. The molecule has 0 heterocycles. The molecule has 0 fully saturated rings. The number of amides is 1. The van der Waals surface area contributed by atoms with Crippen LogP contribution in [0.4, 0.5) is 5.69 Å². The predicted molar refractivity (Wildman–Crippen MR) is 99.8 cm³/mol. The minimum atomic E-state index is -0.119. The highest BCUT2D eigenvalue weighted by molar-refractivity contribution is 6.31. The van der Waals surface area contributed by atoms with E-state index in [1.54, 1.807) is 0 Å². The van der Waals surface area contributed by atoms with Gasteiger partial charge in [0.15, 0.2) is 0 Å². The third-order valence-corrected chi connectivity index (χ3v) is 4.42. The third kappa shape index (κ3) is 3.66. The smallest absolute Gasteiger partial charge is 0.255 e. The Labute approximate surface area is 147 Å². The van der Waals surface area contributed by atoms with E-state index < -0.39 is 0 Å². The van der Waals surface area contributed by atoms with Crippen LogP contribution in [0.1, 0.15) is 27.0 Å². The maximum absolute atomic E-state index is 12.7. The molecule has 0 aromatic heterocycles. The highest BCUT2D eigenvalue weighted by Crippen LogP contribution is 2.24. The fraction of sp³-hybridized carbons (Fsp3) is 0.0952. The van der Waals surface area contributed by atoms with Gasteiger partial charge in [-0.3, -0.25) is 4.79 Å². The van der Waals surface area contributed by atoms with Crippen molar-refractivity contribution < 1.29 is 4.79 Å². The first-order valence-electron chi connectivity index (χ1n) is 7.83. The van der Waals surface area contributed by atoms with Crippen molar-refractivity contribution in [3.8, 4) is 0 Å². The van der Waals surface area contributed by atoms with E-state index >= 15 is 0 Å². The molecule has 3 heteroatoms. The zero-order valence-electron chi connectivity index (χ0n) is 13.4. The molecule has 3 rings (SSSR count). The minimum Gasteiger partial charge on any atom is -0.322 e. The summed E-state index contributed by atoms with van der Waals surface area (Å²) in [4.78, 5) is 12.7. The molecule has 24 heavy (non-hydrogen) atoms. The Morgan fingerprint density at radius 3 is 2.42 bits per heavy atom. The summed E-state index contributed by atoms with van der Waals surface area (Å²) in [5.74, 6) is -0.119. The maximum atomic E-state index is 12.7. The van der Waals surface area contributed by atoms with Crippen molar-refractivity contribution in [1.29, 1.82) is 0 Å². The number of rotatable bonds is 4. The van der Waals surface area contributed by atoms with E-state index in [1.807, 2.05) is 67.6 Å². The van der Waals surface area contributed by atoms with Gasteiger partial charge in [0, 0.05) is 16.3 Å². The number of hydrogen-bond donors (Lipinski definition) is 1. The molecular weight excluding hydrogens is 318 g/mol. The van der Waals surface area contributed by atoms with E-state index in [4.69, 9.17) is 11.6 Å².